The standard InChI is InChI=1S/C19H22N2O5/c1-4-25-18-10-14(8-9-17(18)22)12-20-21-19(23)13(2)26-16-7-5-6-15(11-16)24-3/h5-13,22H,4H2,1-3H3,(H,21,23)/b20-12+. The van der Waals surface area contributed by atoms with E-state index in [4.69, 9.17) is 14.2 Å². The summed E-state index contributed by atoms with van der Waals surface area (Å²) in [4.78, 5) is 12.1. The minimum Gasteiger partial charge on any atom is -0.504 e. The molecule has 138 valence electrons. The Hall–Kier alpha value is -3.22. The van der Waals surface area contributed by atoms with E-state index in [0.29, 0.717) is 29.4 Å². The molecule has 1 unspecified atom stereocenters. The number of hydrazone groups is 1. The van der Waals surface area contributed by atoms with Gasteiger partial charge < -0.3 is 19.3 Å². The van der Waals surface area contributed by atoms with Crippen molar-refractivity contribution in [2.45, 2.75) is 20.0 Å². The molecule has 2 rings (SSSR count). The molecule has 7 heteroatoms. The number of nitrogens with one attached hydrogen (secondary N) is 1. The highest BCUT2D eigenvalue weighted by Crippen LogP contribution is 2.26. The lowest BCUT2D eigenvalue weighted by Gasteiger charge is -2.13. The number of carbonyl (C=O) groups excluding carboxylic acids is 1. The number of amides is 1. The van der Waals surface area contributed by atoms with Crippen molar-refractivity contribution in [2.75, 3.05) is 13.7 Å². The van der Waals surface area contributed by atoms with Crippen LogP contribution in [0.25, 0.3) is 0 Å². The highest BCUT2D eigenvalue weighted by molar-refractivity contribution is 5.84. The number of phenols is 1. The van der Waals surface area contributed by atoms with Crippen molar-refractivity contribution in [3.8, 4) is 23.0 Å². The fraction of sp³-hybridized carbons (Fsp3) is 0.263. The van der Waals surface area contributed by atoms with E-state index in [9.17, 15) is 9.90 Å². The zero-order valence-electron chi connectivity index (χ0n) is 14.9. The van der Waals surface area contributed by atoms with Crippen molar-refractivity contribution in [1.82, 2.24) is 5.43 Å². The van der Waals surface area contributed by atoms with Crippen molar-refractivity contribution in [1.29, 1.82) is 0 Å². The average Bonchev–Trinajstić information content (AvgIpc) is 2.64. The van der Waals surface area contributed by atoms with Gasteiger partial charge in [0.2, 0.25) is 0 Å². The summed E-state index contributed by atoms with van der Waals surface area (Å²) in [5.41, 5.74) is 3.09. The molecule has 0 fully saturated rings. The van der Waals surface area contributed by atoms with Crippen LogP contribution in [-0.4, -0.2) is 37.0 Å². The molecule has 0 aliphatic carbocycles. The minimum atomic E-state index is -0.738. The van der Waals surface area contributed by atoms with E-state index in [1.54, 1.807) is 50.4 Å². The van der Waals surface area contributed by atoms with Gasteiger partial charge in [0.15, 0.2) is 17.6 Å². The van der Waals surface area contributed by atoms with E-state index in [-0.39, 0.29) is 5.75 Å². The Morgan fingerprint density at radius 3 is 2.77 bits per heavy atom. The maximum absolute atomic E-state index is 12.1. The number of carbonyl (C=O) groups is 1. The second kappa shape index (κ2) is 9.31. The van der Waals surface area contributed by atoms with Gasteiger partial charge in [0.05, 0.1) is 19.9 Å². The third-order valence-corrected chi connectivity index (χ3v) is 3.40. The Kier molecular flexibility index (Phi) is 6.84. The monoisotopic (exact) mass is 358 g/mol. The number of aromatic hydroxyl groups is 1. The summed E-state index contributed by atoms with van der Waals surface area (Å²) in [6.45, 7) is 3.88. The van der Waals surface area contributed by atoms with Crippen LogP contribution in [0.1, 0.15) is 19.4 Å². The van der Waals surface area contributed by atoms with Crippen LogP contribution in [0.4, 0.5) is 0 Å². The molecule has 0 radical (unpaired) electrons. The van der Waals surface area contributed by atoms with Crippen LogP contribution in [0, 0.1) is 0 Å². The van der Waals surface area contributed by atoms with E-state index in [0.717, 1.165) is 0 Å². The number of benzene rings is 2. The molecule has 0 aromatic heterocycles. The topological polar surface area (TPSA) is 89.4 Å². The molecule has 7 nitrogen and oxygen atoms in total. The number of ether oxygens (including phenoxy) is 3. The lowest BCUT2D eigenvalue weighted by atomic mass is 10.2. The van der Waals surface area contributed by atoms with E-state index in [1.807, 2.05) is 6.92 Å². The third-order valence-electron chi connectivity index (χ3n) is 3.40. The molecule has 0 saturated carbocycles. The molecule has 2 aromatic carbocycles. The van der Waals surface area contributed by atoms with Crippen molar-refractivity contribution < 1.29 is 24.1 Å². The lowest BCUT2D eigenvalue weighted by Crippen LogP contribution is -2.33. The predicted molar refractivity (Wildman–Crippen MR) is 98.1 cm³/mol. The van der Waals surface area contributed by atoms with Crippen LogP contribution in [-0.2, 0) is 4.79 Å². The van der Waals surface area contributed by atoms with Gasteiger partial charge in [0.25, 0.3) is 5.91 Å². The molecule has 0 aliphatic heterocycles. The summed E-state index contributed by atoms with van der Waals surface area (Å²) in [5, 5.41) is 13.6. The summed E-state index contributed by atoms with van der Waals surface area (Å²) in [5.74, 6) is 1.18. The van der Waals surface area contributed by atoms with Gasteiger partial charge in [-0.3, -0.25) is 4.79 Å². The van der Waals surface area contributed by atoms with Crippen LogP contribution in [0.3, 0.4) is 0 Å². The molecule has 26 heavy (non-hydrogen) atoms. The Labute approximate surface area is 152 Å². The largest absolute Gasteiger partial charge is 0.504 e. The smallest absolute Gasteiger partial charge is 0.280 e. The zero-order chi connectivity index (χ0) is 18.9. The Balaban J connectivity index is 1.92. The van der Waals surface area contributed by atoms with Crippen molar-refractivity contribution in [3.63, 3.8) is 0 Å². The van der Waals surface area contributed by atoms with Gasteiger partial charge in [-0.25, -0.2) is 5.43 Å². The second-order valence-electron chi connectivity index (χ2n) is 5.33. The summed E-state index contributed by atoms with van der Waals surface area (Å²) < 4.78 is 16.0. The Bertz CT molecular complexity index is 776. The van der Waals surface area contributed by atoms with Crippen LogP contribution < -0.4 is 19.6 Å². The average molecular weight is 358 g/mol. The maximum Gasteiger partial charge on any atom is 0.280 e. The van der Waals surface area contributed by atoms with Gasteiger partial charge in [0, 0.05) is 6.07 Å². The number of hydrogen-bond donors (Lipinski definition) is 2. The van der Waals surface area contributed by atoms with Gasteiger partial charge >= 0.3 is 0 Å². The third kappa shape index (κ3) is 5.41. The molecule has 2 aromatic rings. The number of hydrogen-bond acceptors (Lipinski definition) is 6. The normalized spacial score (nSPS) is 11.8. The van der Waals surface area contributed by atoms with E-state index in [1.165, 1.54) is 12.3 Å². The second-order valence-corrected chi connectivity index (χ2v) is 5.33. The summed E-state index contributed by atoms with van der Waals surface area (Å²) in [6, 6.07) is 11.8. The molecule has 0 spiro atoms. The quantitative estimate of drug-likeness (QED) is 0.559. The predicted octanol–water partition coefficient (Wildman–Crippen LogP) is 2.72. The molecule has 2 N–H and O–H groups in total. The molecule has 0 aliphatic rings. The highest BCUT2D eigenvalue weighted by atomic mass is 16.5. The zero-order valence-corrected chi connectivity index (χ0v) is 14.9. The fourth-order valence-electron chi connectivity index (χ4n) is 2.08. The fourth-order valence-corrected chi connectivity index (χ4v) is 2.08. The van der Waals surface area contributed by atoms with Gasteiger partial charge in [-0.1, -0.05) is 6.07 Å². The van der Waals surface area contributed by atoms with Crippen molar-refractivity contribution in [2.24, 2.45) is 5.10 Å². The van der Waals surface area contributed by atoms with Gasteiger partial charge in [-0.05, 0) is 49.7 Å². The number of phenolic OH excluding ortho intramolecular Hbond substituents is 1. The van der Waals surface area contributed by atoms with Gasteiger partial charge in [-0.2, -0.15) is 5.10 Å². The summed E-state index contributed by atoms with van der Waals surface area (Å²) in [7, 11) is 1.56. The molecule has 0 heterocycles. The highest BCUT2D eigenvalue weighted by Gasteiger charge is 2.14. The van der Waals surface area contributed by atoms with Crippen molar-refractivity contribution in [3.05, 3.63) is 48.0 Å². The molecular weight excluding hydrogens is 336 g/mol. The van der Waals surface area contributed by atoms with Gasteiger partial charge in [0.1, 0.15) is 11.5 Å². The first-order chi connectivity index (χ1) is 12.5. The molecule has 0 bridgehead atoms. The summed E-state index contributed by atoms with van der Waals surface area (Å²) >= 11 is 0. The first-order valence-electron chi connectivity index (χ1n) is 8.13. The molecule has 1 amide bonds. The van der Waals surface area contributed by atoms with E-state index >= 15 is 0 Å². The van der Waals surface area contributed by atoms with Crippen LogP contribution in [0.15, 0.2) is 47.6 Å². The van der Waals surface area contributed by atoms with Gasteiger partial charge in [-0.15, -0.1) is 0 Å². The molecular formula is C19H22N2O5. The van der Waals surface area contributed by atoms with Crippen LogP contribution >= 0.6 is 0 Å². The summed E-state index contributed by atoms with van der Waals surface area (Å²) in [6.07, 6.45) is 0.719. The molecule has 0 saturated heterocycles. The Morgan fingerprint density at radius 2 is 2.04 bits per heavy atom. The number of methoxy groups -OCH3 is 1. The van der Waals surface area contributed by atoms with Crippen molar-refractivity contribution >= 4 is 12.1 Å². The maximum atomic E-state index is 12.1. The lowest BCUT2D eigenvalue weighted by molar-refractivity contribution is -0.127. The first-order valence-corrected chi connectivity index (χ1v) is 8.13. The first kappa shape index (κ1) is 19.1. The minimum absolute atomic E-state index is 0.0494. The molecule has 1 atom stereocenters. The number of nitrogens with zero attached hydrogens (tertiary/aromatic N) is 1. The Morgan fingerprint density at radius 1 is 1.27 bits per heavy atom. The number of rotatable bonds is 8. The van der Waals surface area contributed by atoms with Crippen LogP contribution in [0.5, 0.6) is 23.0 Å². The van der Waals surface area contributed by atoms with E-state index < -0.39 is 12.0 Å². The van der Waals surface area contributed by atoms with E-state index in [2.05, 4.69) is 10.5 Å². The SMILES string of the molecule is CCOc1cc(/C=N/NC(=O)C(C)Oc2cccc(OC)c2)ccc1O. The van der Waals surface area contributed by atoms with Crippen LogP contribution in [0.2, 0.25) is 0 Å².